The molecule has 0 bridgehead atoms. The minimum absolute atomic E-state index is 0.281. The van der Waals surface area contributed by atoms with Gasteiger partial charge in [-0.15, -0.1) is 11.3 Å². The van der Waals surface area contributed by atoms with Crippen molar-refractivity contribution in [1.29, 1.82) is 0 Å². The summed E-state index contributed by atoms with van der Waals surface area (Å²) in [5, 5.41) is 1.92. The van der Waals surface area contributed by atoms with Crippen LogP contribution in [0.2, 0.25) is 0 Å². The van der Waals surface area contributed by atoms with Crippen molar-refractivity contribution in [3.8, 4) is 0 Å². The van der Waals surface area contributed by atoms with Gasteiger partial charge in [-0.1, -0.05) is 13.0 Å². The van der Waals surface area contributed by atoms with Crippen molar-refractivity contribution < 1.29 is 8.42 Å². The molecule has 5 nitrogen and oxygen atoms in total. The summed E-state index contributed by atoms with van der Waals surface area (Å²) < 4.78 is 29.0. The minimum Gasteiger partial charge on any atom is -0.349 e. The molecule has 0 fully saturated rings. The molecule has 0 aliphatic rings. The summed E-state index contributed by atoms with van der Waals surface area (Å²) in [4.78, 5) is 1.27. The molecule has 2 aromatic rings. The molecule has 2 rings (SSSR count). The fourth-order valence-corrected chi connectivity index (χ4v) is 3.76. The molecule has 0 aliphatic carbocycles. The molecule has 0 amide bonds. The van der Waals surface area contributed by atoms with Gasteiger partial charge in [0.15, 0.2) is 0 Å². The molecular formula is C13H19N3O2S2. The van der Waals surface area contributed by atoms with E-state index in [1.807, 2.05) is 29.0 Å². The largest absolute Gasteiger partial charge is 0.349 e. The molecule has 0 unspecified atom stereocenters. The summed E-state index contributed by atoms with van der Waals surface area (Å²) in [6.45, 7) is 3.47. The third-order valence-corrected chi connectivity index (χ3v) is 5.21. The molecule has 0 atom stereocenters. The quantitative estimate of drug-likeness (QED) is 0.819. The molecule has 0 saturated heterocycles. The lowest BCUT2D eigenvalue weighted by atomic mass is 10.4. The van der Waals surface area contributed by atoms with E-state index in [4.69, 9.17) is 5.73 Å². The average molecular weight is 313 g/mol. The van der Waals surface area contributed by atoms with Gasteiger partial charge in [-0.3, -0.25) is 0 Å². The number of aromatic nitrogens is 1. The molecular weight excluding hydrogens is 294 g/mol. The van der Waals surface area contributed by atoms with Crippen molar-refractivity contribution in [2.24, 2.45) is 5.73 Å². The summed E-state index contributed by atoms with van der Waals surface area (Å²) in [6, 6.07) is 5.45. The Hall–Kier alpha value is -1.15. The Bertz CT molecular complexity index is 645. The maximum atomic E-state index is 12.3. The van der Waals surface area contributed by atoms with Gasteiger partial charge in [0, 0.05) is 36.4 Å². The smallest absolute Gasteiger partial charge is 0.242 e. The fraction of sp³-hybridized carbons (Fsp3) is 0.385. The Balaban J connectivity index is 2.16. The van der Waals surface area contributed by atoms with Crippen LogP contribution in [0.4, 0.5) is 0 Å². The van der Waals surface area contributed by atoms with Gasteiger partial charge in [-0.25, -0.2) is 13.1 Å². The van der Waals surface area contributed by atoms with E-state index >= 15 is 0 Å². The molecule has 2 heterocycles. The summed E-state index contributed by atoms with van der Waals surface area (Å²) in [6.07, 6.45) is 2.59. The molecule has 20 heavy (non-hydrogen) atoms. The predicted octanol–water partition coefficient (Wildman–Crippen LogP) is 1.90. The summed E-state index contributed by atoms with van der Waals surface area (Å²) in [5.74, 6) is 0. The molecule has 2 aromatic heterocycles. The van der Waals surface area contributed by atoms with Crippen LogP contribution in [0.5, 0.6) is 0 Å². The first kappa shape index (κ1) is 15.2. The highest BCUT2D eigenvalue weighted by molar-refractivity contribution is 7.89. The standard InChI is InChI=1S/C13H19N3O2S2/c1-2-5-16-10-13(7-11(16)8-14)20(17,18)15-9-12-4-3-6-19-12/h3-4,6-7,10,15H,2,5,8-9,14H2,1H3. The molecule has 0 saturated carbocycles. The van der Waals surface area contributed by atoms with Gasteiger partial charge in [0.05, 0.1) is 4.90 Å². The first-order chi connectivity index (χ1) is 9.56. The van der Waals surface area contributed by atoms with Crippen LogP contribution in [0.15, 0.2) is 34.7 Å². The van der Waals surface area contributed by atoms with Crippen LogP contribution >= 0.6 is 11.3 Å². The van der Waals surface area contributed by atoms with Crippen LogP contribution in [-0.4, -0.2) is 13.0 Å². The van der Waals surface area contributed by atoms with Crippen molar-refractivity contribution in [2.45, 2.75) is 37.9 Å². The average Bonchev–Trinajstić information content (AvgIpc) is 3.06. The van der Waals surface area contributed by atoms with Crippen LogP contribution in [0, 0.1) is 0 Å². The third kappa shape index (κ3) is 3.49. The monoisotopic (exact) mass is 313 g/mol. The summed E-state index contributed by atoms with van der Waals surface area (Å²) in [5.41, 5.74) is 6.49. The zero-order chi connectivity index (χ0) is 14.6. The zero-order valence-electron chi connectivity index (χ0n) is 11.4. The van der Waals surface area contributed by atoms with E-state index in [2.05, 4.69) is 4.72 Å². The molecule has 110 valence electrons. The highest BCUT2D eigenvalue weighted by atomic mass is 32.2. The molecule has 7 heteroatoms. The van der Waals surface area contributed by atoms with Crippen molar-refractivity contribution in [3.05, 3.63) is 40.3 Å². The number of aryl methyl sites for hydroxylation is 1. The fourth-order valence-electron chi connectivity index (χ4n) is 1.96. The van der Waals surface area contributed by atoms with Crippen molar-refractivity contribution in [2.75, 3.05) is 0 Å². The van der Waals surface area contributed by atoms with Crippen LogP contribution in [0.3, 0.4) is 0 Å². The second-order valence-corrected chi connectivity index (χ2v) is 7.27. The van der Waals surface area contributed by atoms with Gasteiger partial charge < -0.3 is 10.3 Å². The zero-order valence-corrected chi connectivity index (χ0v) is 13.0. The van der Waals surface area contributed by atoms with E-state index < -0.39 is 10.0 Å². The van der Waals surface area contributed by atoms with Crippen LogP contribution in [0.25, 0.3) is 0 Å². The van der Waals surface area contributed by atoms with Crippen LogP contribution in [0.1, 0.15) is 23.9 Å². The number of nitrogens with one attached hydrogen (secondary N) is 1. The second kappa shape index (κ2) is 6.53. The predicted molar refractivity (Wildman–Crippen MR) is 81.0 cm³/mol. The maximum Gasteiger partial charge on any atom is 0.242 e. The molecule has 0 aromatic carbocycles. The van der Waals surface area contributed by atoms with E-state index in [0.29, 0.717) is 13.1 Å². The summed E-state index contributed by atoms with van der Waals surface area (Å²) >= 11 is 1.53. The van der Waals surface area contributed by atoms with Crippen molar-refractivity contribution in [3.63, 3.8) is 0 Å². The first-order valence-electron chi connectivity index (χ1n) is 6.48. The Morgan fingerprint density at radius 3 is 2.85 bits per heavy atom. The highest BCUT2D eigenvalue weighted by Crippen LogP contribution is 2.16. The van der Waals surface area contributed by atoms with E-state index in [-0.39, 0.29) is 4.90 Å². The van der Waals surface area contributed by atoms with Crippen molar-refractivity contribution >= 4 is 21.4 Å². The van der Waals surface area contributed by atoms with Gasteiger partial charge in [-0.2, -0.15) is 0 Å². The van der Waals surface area contributed by atoms with Crippen LogP contribution < -0.4 is 10.5 Å². The Labute approximate surface area is 123 Å². The number of rotatable bonds is 7. The number of thiophene rings is 1. The van der Waals surface area contributed by atoms with Crippen LogP contribution in [-0.2, 0) is 29.7 Å². The van der Waals surface area contributed by atoms with Gasteiger partial charge in [0.25, 0.3) is 0 Å². The van der Waals surface area contributed by atoms with Gasteiger partial charge >= 0.3 is 0 Å². The van der Waals surface area contributed by atoms with Gasteiger partial charge in [-0.05, 0) is 23.9 Å². The lowest BCUT2D eigenvalue weighted by molar-refractivity contribution is 0.581. The lowest BCUT2D eigenvalue weighted by Gasteiger charge is -2.04. The number of sulfonamides is 1. The SMILES string of the molecule is CCCn1cc(S(=O)(=O)NCc2cccs2)cc1CN. The number of nitrogens with zero attached hydrogens (tertiary/aromatic N) is 1. The Morgan fingerprint density at radius 1 is 1.45 bits per heavy atom. The maximum absolute atomic E-state index is 12.3. The second-order valence-electron chi connectivity index (χ2n) is 4.47. The normalized spacial score (nSPS) is 11.9. The van der Waals surface area contributed by atoms with E-state index in [1.165, 1.54) is 11.3 Å². The molecule has 3 N–H and O–H groups in total. The van der Waals surface area contributed by atoms with Gasteiger partial charge in [0.2, 0.25) is 10.0 Å². The number of hydrogen-bond acceptors (Lipinski definition) is 4. The van der Waals surface area contributed by atoms with E-state index in [1.54, 1.807) is 12.3 Å². The molecule has 0 radical (unpaired) electrons. The van der Waals surface area contributed by atoms with E-state index in [0.717, 1.165) is 23.5 Å². The third-order valence-electron chi connectivity index (χ3n) is 2.96. The Morgan fingerprint density at radius 2 is 2.25 bits per heavy atom. The molecule has 0 aliphatic heterocycles. The molecule has 0 spiro atoms. The number of hydrogen-bond donors (Lipinski definition) is 2. The van der Waals surface area contributed by atoms with Crippen molar-refractivity contribution in [1.82, 2.24) is 9.29 Å². The first-order valence-corrected chi connectivity index (χ1v) is 8.84. The van der Waals surface area contributed by atoms with E-state index in [9.17, 15) is 8.42 Å². The van der Waals surface area contributed by atoms with Gasteiger partial charge in [0.1, 0.15) is 0 Å². The lowest BCUT2D eigenvalue weighted by Crippen LogP contribution is -2.22. The topological polar surface area (TPSA) is 77.1 Å². The minimum atomic E-state index is -3.49. The Kier molecular flexibility index (Phi) is 4.98. The highest BCUT2D eigenvalue weighted by Gasteiger charge is 2.17. The number of nitrogens with two attached hydrogens (primary N) is 1. The summed E-state index contributed by atoms with van der Waals surface area (Å²) in [7, 11) is -3.49.